The highest BCUT2D eigenvalue weighted by Crippen LogP contribution is 2.55. The van der Waals surface area contributed by atoms with Crippen LogP contribution in [0.5, 0.6) is 0 Å². The molecule has 0 aromatic carbocycles. The maximum absolute atomic E-state index is 3.97. The molecule has 0 saturated heterocycles. The van der Waals surface area contributed by atoms with E-state index in [4.69, 9.17) is 0 Å². The summed E-state index contributed by atoms with van der Waals surface area (Å²) in [5.74, 6) is 2.99. The third kappa shape index (κ3) is 1.88. The van der Waals surface area contributed by atoms with Crippen molar-refractivity contribution in [1.82, 2.24) is 0 Å². The minimum atomic E-state index is 0.632. The maximum Gasteiger partial charge on any atom is 0.0520 e. The fourth-order valence-corrected chi connectivity index (χ4v) is 5.68. The van der Waals surface area contributed by atoms with Crippen molar-refractivity contribution in [3.05, 3.63) is 21.9 Å². The molecule has 2 heteroatoms. The average molecular weight is 299 g/mol. The number of alkyl halides is 1. The molecular formula is C14H19BrS. The zero-order valence-electron chi connectivity index (χ0n) is 9.79. The predicted octanol–water partition coefficient (Wildman–Crippen LogP) is 5.18. The van der Waals surface area contributed by atoms with Crippen LogP contribution in [0.25, 0.3) is 0 Å². The normalized spacial score (nSPS) is 34.5. The Hall–Kier alpha value is 0.180. The number of fused-ring (bicyclic) bond motifs is 2. The fraction of sp³-hybridized carbons (Fsp3) is 0.714. The molecule has 2 saturated carbocycles. The van der Waals surface area contributed by atoms with Gasteiger partial charge in [0.15, 0.2) is 0 Å². The minimum absolute atomic E-state index is 0.632. The first kappa shape index (κ1) is 11.3. The predicted molar refractivity (Wildman–Crippen MR) is 74.3 cm³/mol. The molecule has 0 amide bonds. The van der Waals surface area contributed by atoms with Crippen LogP contribution in [0.2, 0.25) is 0 Å². The van der Waals surface area contributed by atoms with Crippen molar-refractivity contribution in [3.8, 4) is 0 Å². The molecule has 0 spiro atoms. The number of halogens is 1. The van der Waals surface area contributed by atoms with Gasteiger partial charge < -0.3 is 0 Å². The summed E-state index contributed by atoms with van der Waals surface area (Å²) in [5, 5.41) is 0. The quantitative estimate of drug-likeness (QED) is 0.674. The van der Waals surface area contributed by atoms with Crippen LogP contribution >= 0.6 is 27.3 Å². The van der Waals surface area contributed by atoms with Gasteiger partial charge in [0.2, 0.25) is 0 Å². The number of rotatable bonds is 3. The summed E-state index contributed by atoms with van der Waals surface area (Å²) >= 11 is 5.98. The Kier molecular flexibility index (Phi) is 3.14. The van der Waals surface area contributed by atoms with E-state index in [2.05, 4.69) is 35.0 Å². The Bertz CT molecular complexity index is 371. The summed E-state index contributed by atoms with van der Waals surface area (Å²) in [6.07, 6.45) is 7.16. The van der Waals surface area contributed by atoms with Gasteiger partial charge in [-0.25, -0.2) is 0 Å². The van der Waals surface area contributed by atoms with Gasteiger partial charge in [0.1, 0.15) is 0 Å². The summed E-state index contributed by atoms with van der Waals surface area (Å²) in [6.45, 7) is 2.25. The minimum Gasteiger partial charge on any atom is -0.144 e. The largest absolute Gasteiger partial charge is 0.144 e. The summed E-state index contributed by atoms with van der Waals surface area (Å²) < 4.78 is 0. The highest BCUT2D eigenvalue weighted by molar-refractivity contribution is 9.09. The lowest BCUT2D eigenvalue weighted by molar-refractivity contribution is 0.331. The van der Waals surface area contributed by atoms with Crippen molar-refractivity contribution < 1.29 is 0 Å². The van der Waals surface area contributed by atoms with Crippen molar-refractivity contribution >= 4 is 27.3 Å². The molecule has 0 nitrogen and oxygen atoms in total. The number of thiophene rings is 1. The van der Waals surface area contributed by atoms with Gasteiger partial charge in [-0.15, -0.1) is 11.3 Å². The molecule has 2 fully saturated rings. The second kappa shape index (κ2) is 4.45. The van der Waals surface area contributed by atoms with E-state index in [1.54, 1.807) is 4.88 Å². The van der Waals surface area contributed by atoms with E-state index in [0.29, 0.717) is 4.83 Å². The molecule has 4 atom stereocenters. The molecule has 4 unspecified atom stereocenters. The van der Waals surface area contributed by atoms with Crippen LogP contribution in [0, 0.1) is 17.8 Å². The molecular weight excluding hydrogens is 280 g/mol. The van der Waals surface area contributed by atoms with Crippen LogP contribution in [-0.4, -0.2) is 0 Å². The van der Waals surface area contributed by atoms with Gasteiger partial charge in [-0.1, -0.05) is 29.3 Å². The van der Waals surface area contributed by atoms with Crippen LogP contribution in [0.4, 0.5) is 0 Å². The third-order valence-corrected chi connectivity index (χ3v) is 7.26. The van der Waals surface area contributed by atoms with Gasteiger partial charge in [0.05, 0.1) is 4.83 Å². The molecule has 0 aliphatic heterocycles. The number of hydrogen-bond donors (Lipinski definition) is 0. The van der Waals surface area contributed by atoms with E-state index in [1.807, 2.05) is 11.3 Å². The lowest BCUT2D eigenvalue weighted by Gasteiger charge is -2.25. The average Bonchev–Trinajstić information content (AvgIpc) is 3.03. The summed E-state index contributed by atoms with van der Waals surface area (Å²) in [4.78, 5) is 3.73. The molecule has 0 N–H and O–H groups in total. The molecule has 0 radical (unpaired) electrons. The first-order chi connectivity index (χ1) is 7.78. The van der Waals surface area contributed by atoms with Crippen molar-refractivity contribution in [1.29, 1.82) is 0 Å². The SMILES string of the molecule is CCc1ccc(C(Br)C2CC3CCC2C3)s1. The van der Waals surface area contributed by atoms with Crippen LogP contribution in [-0.2, 0) is 6.42 Å². The van der Waals surface area contributed by atoms with E-state index < -0.39 is 0 Å². The van der Waals surface area contributed by atoms with E-state index in [9.17, 15) is 0 Å². The highest BCUT2D eigenvalue weighted by atomic mass is 79.9. The molecule has 16 heavy (non-hydrogen) atoms. The van der Waals surface area contributed by atoms with Crippen LogP contribution < -0.4 is 0 Å². The van der Waals surface area contributed by atoms with E-state index in [0.717, 1.165) is 17.8 Å². The molecule has 1 aromatic heterocycles. The zero-order chi connectivity index (χ0) is 11.1. The fourth-order valence-electron chi connectivity index (χ4n) is 3.60. The summed E-state index contributed by atoms with van der Waals surface area (Å²) in [7, 11) is 0. The number of aryl methyl sites for hydroxylation is 1. The van der Waals surface area contributed by atoms with Crippen molar-refractivity contribution in [3.63, 3.8) is 0 Å². The molecule has 2 bridgehead atoms. The summed E-state index contributed by atoms with van der Waals surface area (Å²) in [6, 6.07) is 4.65. The Labute approximate surface area is 111 Å². The van der Waals surface area contributed by atoms with Gasteiger partial charge in [-0.3, -0.25) is 0 Å². The molecule has 3 rings (SSSR count). The Morgan fingerprint density at radius 1 is 1.38 bits per heavy atom. The first-order valence-electron chi connectivity index (χ1n) is 6.50. The number of hydrogen-bond acceptors (Lipinski definition) is 1. The van der Waals surface area contributed by atoms with Crippen molar-refractivity contribution in [2.45, 2.75) is 43.9 Å². The topological polar surface area (TPSA) is 0 Å². The zero-order valence-corrected chi connectivity index (χ0v) is 12.2. The van der Waals surface area contributed by atoms with Crippen molar-refractivity contribution in [2.24, 2.45) is 17.8 Å². The standard InChI is InChI=1S/C14H19BrS/c1-2-11-5-6-13(16-11)14(15)12-8-9-3-4-10(12)7-9/h5-6,9-10,12,14H,2-4,7-8H2,1H3. The Morgan fingerprint density at radius 3 is 2.81 bits per heavy atom. The smallest absolute Gasteiger partial charge is 0.0520 e. The van der Waals surface area contributed by atoms with E-state index in [1.165, 1.54) is 37.0 Å². The lowest BCUT2D eigenvalue weighted by Crippen LogP contribution is -2.14. The van der Waals surface area contributed by atoms with Gasteiger partial charge in [-0.05, 0) is 55.6 Å². The third-order valence-electron chi connectivity index (χ3n) is 4.47. The van der Waals surface area contributed by atoms with Gasteiger partial charge in [-0.2, -0.15) is 0 Å². The molecule has 2 aliphatic carbocycles. The molecule has 2 aliphatic rings. The van der Waals surface area contributed by atoms with Crippen molar-refractivity contribution in [2.75, 3.05) is 0 Å². The molecule has 1 aromatic rings. The summed E-state index contributed by atoms with van der Waals surface area (Å²) in [5.41, 5.74) is 0. The van der Waals surface area contributed by atoms with Crippen LogP contribution in [0.15, 0.2) is 12.1 Å². The first-order valence-corrected chi connectivity index (χ1v) is 8.23. The van der Waals surface area contributed by atoms with E-state index >= 15 is 0 Å². The molecule has 1 heterocycles. The maximum atomic E-state index is 3.97. The lowest BCUT2D eigenvalue weighted by atomic mass is 9.86. The molecule has 88 valence electrons. The van der Waals surface area contributed by atoms with Gasteiger partial charge in [0.25, 0.3) is 0 Å². The second-order valence-electron chi connectivity index (χ2n) is 5.40. The van der Waals surface area contributed by atoms with E-state index in [-0.39, 0.29) is 0 Å². The monoisotopic (exact) mass is 298 g/mol. The highest BCUT2D eigenvalue weighted by Gasteiger charge is 2.42. The van der Waals surface area contributed by atoms with Crippen LogP contribution in [0.1, 0.15) is 47.2 Å². The van der Waals surface area contributed by atoms with Gasteiger partial charge >= 0.3 is 0 Å². The van der Waals surface area contributed by atoms with Crippen LogP contribution in [0.3, 0.4) is 0 Å². The Balaban J connectivity index is 1.75. The van der Waals surface area contributed by atoms with Gasteiger partial charge in [0, 0.05) is 9.75 Å². The Morgan fingerprint density at radius 2 is 2.25 bits per heavy atom. The second-order valence-corrected chi connectivity index (χ2v) is 7.58.